The zero-order valence-electron chi connectivity index (χ0n) is 11.3. The molecule has 1 heterocycles. The molecule has 1 aliphatic carbocycles. The molecule has 0 radical (unpaired) electrons. The van der Waals surface area contributed by atoms with Crippen molar-refractivity contribution < 1.29 is 4.74 Å². The molecule has 1 aliphatic rings. The summed E-state index contributed by atoms with van der Waals surface area (Å²) >= 11 is 7.78. The van der Waals surface area contributed by atoms with E-state index >= 15 is 0 Å². The first kappa shape index (κ1) is 14.7. The molecule has 0 spiro atoms. The SMILES string of the molecule is CCCOc1nc(Cl)nc(NCC2(SC)CCC2)n1. The summed E-state index contributed by atoms with van der Waals surface area (Å²) in [5, 5.41) is 3.41. The highest BCUT2D eigenvalue weighted by molar-refractivity contribution is 8.00. The first-order chi connectivity index (χ1) is 9.17. The summed E-state index contributed by atoms with van der Waals surface area (Å²) in [5.41, 5.74) is 0. The number of halogens is 1. The lowest BCUT2D eigenvalue weighted by Crippen LogP contribution is -2.40. The Morgan fingerprint density at radius 2 is 2.16 bits per heavy atom. The van der Waals surface area contributed by atoms with E-state index in [1.165, 1.54) is 19.3 Å². The predicted molar refractivity (Wildman–Crippen MR) is 79.2 cm³/mol. The van der Waals surface area contributed by atoms with Gasteiger partial charge in [-0.25, -0.2) is 0 Å². The molecule has 0 atom stereocenters. The number of ether oxygens (including phenoxy) is 1. The van der Waals surface area contributed by atoms with Crippen molar-refractivity contribution in [3.63, 3.8) is 0 Å². The Kier molecular flexibility index (Phi) is 5.10. The third-order valence-electron chi connectivity index (χ3n) is 3.29. The third-order valence-corrected chi connectivity index (χ3v) is 4.88. The zero-order valence-corrected chi connectivity index (χ0v) is 12.9. The molecule has 0 unspecified atom stereocenters. The Bertz CT molecular complexity index is 423. The minimum Gasteiger partial charge on any atom is -0.463 e. The third kappa shape index (κ3) is 3.86. The lowest BCUT2D eigenvalue weighted by molar-refractivity contribution is 0.291. The number of hydrogen-bond acceptors (Lipinski definition) is 6. The Balaban J connectivity index is 1.97. The van der Waals surface area contributed by atoms with Crippen LogP contribution in [0, 0.1) is 0 Å². The number of rotatable bonds is 7. The van der Waals surface area contributed by atoms with Gasteiger partial charge in [0, 0.05) is 11.3 Å². The van der Waals surface area contributed by atoms with Crippen LogP contribution in [0.25, 0.3) is 0 Å². The molecule has 5 nitrogen and oxygen atoms in total. The molecule has 0 amide bonds. The van der Waals surface area contributed by atoms with Crippen molar-refractivity contribution in [3.05, 3.63) is 5.28 Å². The molecule has 1 fully saturated rings. The first-order valence-corrected chi connectivity index (χ1v) is 8.11. The van der Waals surface area contributed by atoms with Gasteiger partial charge in [-0.05, 0) is 37.1 Å². The average molecular weight is 303 g/mol. The van der Waals surface area contributed by atoms with E-state index < -0.39 is 0 Å². The van der Waals surface area contributed by atoms with E-state index in [0.717, 1.165) is 13.0 Å². The topological polar surface area (TPSA) is 59.9 Å². The van der Waals surface area contributed by atoms with Crippen LogP contribution in [0.1, 0.15) is 32.6 Å². The van der Waals surface area contributed by atoms with E-state index in [1.807, 2.05) is 18.7 Å². The van der Waals surface area contributed by atoms with E-state index in [4.69, 9.17) is 16.3 Å². The fourth-order valence-electron chi connectivity index (χ4n) is 1.93. The van der Waals surface area contributed by atoms with Crippen LogP contribution in [-0.4, -0.2) is 39.1 Å². The molecule has 0 saturated heterocycles. The van der Waals surface area contributed by atoms with Crippen molar-refractivity contribution in [2.45, 2.75) is 37.4 Å². The number of nitrogens with zero attached hydrogens (tertiary/aromatic N) is 3. The summed E-state index contributed by atoms with van der Waals surface area (Å²) in [6, 6.07) is 0.288. The first-order valence-electron chi connectivity index (χ1n) is 6.51. The normalized spacial score (nSPS) is 16.8. The molecule has 0 aromatic carbocycles. The van der Waals surface area contributed by atoms with Crippen LogP contribution < -0.4 is 10.1 Å². The number of anilines is 1. The van der Waals surface area contributed by atoms with Crippen LogP contribution in [0.3, 0.4) is 0 Å². The standard InChI is InChI=1S/C12H19ClN4OS/c1-3-7-18-11-16-9(13)15-10(17-11)14-8-12(19-2)5-4-6-12/h3-8H2,1-2H3,(H,14,15,16,17). The number of thioether (sulfide) groups is 1. The molecule has 1 aromatic heterocycles. The van der Waals surface area contributed by atoms with Gasteiger partial charge in [-0.15, -0.1) is 0 Å². The van der Waals surface area contributed by atoms with Crippen molar-refractivity contribution in [2.24, 2.45) is 0 Å². The van der Waals surface area contributed by atoms with Gasteiger partial charge in [-0.3, -0.25) is 0 Å². The van der Waals surface area contributed by atoms with Gasteiger partial charge in [0.05, 0.1) is 6.61 Å². The van der Waals surface area contributed by atoms with Gasteiger partial charge >= 0.3 is 6.01 Å². The molecular weight excluding hydrogens is 284 g/mol. The number of nitrogens with one attached hydrogen (secondary N) is 1. The molecule has 19 heavy (non-hydrogen) atoms. The van der Waals surface area contributed by atoms with Crippen LogP contribution in [0.5, 0.6) is 6.01 Å². The smallest absolute Gasteiger partial charge is 0.322 e. The summed E-state index contributed by atoms with van der Waals surface area (Å²) in [6.07, 6.45) is 6.82. The van der Waals surface area contributed by atoms with Crippen LogP contribution in [-0.2, 0) is 0 Å². The highest BCUT2D eigenvalue weighted by Gasteiger charge is 2.36. The van der Waals surface area contributed by atoms with Gasteiger partial charge in [0.2, 0.25) is 11.2 Å². The maximum absolute atomic E-state index is 5.87. The largest absolute Gasteiger partial charge is 0.463 e. The lowest BCUT2D eigenvalue weighted by atomic mass is 9.84. The summed E-state index contributed by atoms with van der Waals surface area (Å²) < 4.78 is 5.71. The summed E-state index contributed by atoms with van der Waals surface area (Å²) in [5.74, 6) is 0.492. The van der Waals surface area contributed by atoms with Crippen molar-refractivity contribution in [1.29, 1.82) is 0 Å². The maximum atomic E-state index is 5.87. The van der Waals surface area contributed by atoms with Crippen LogP contribution in [0.15, 0.2) is 0 Å². The van der Waals surface area contributed by atoms with Gasteiger partial charge in [-0.2, -0.15) is 26.7 Å². The van der Waals surface area contributed by atoms with E-state index in [1.54, 1.807) is 0 Å². The van der Waals surface area contributed by atoms with Gasteiger partial charge in [-0.1, -0.05) is 13.3 Å². The van der Waals surface area contributed by atoms with Crippen molar-refractivity contribution >= 4 is 29.3 Å². The van der Waals surface area contributed by atoms with Crippen LogP contribution in [0.4, 0.5) is 5.95 Å². The minimum atomic E-state index is 0.162. The maximum Gasteiger partial charge on any atom is 0.322 e. The summed E-state index contributed by atoms with van der Waals surface area (Å²) in [4.78, 5) is 12.2. The molecule has 106 valence electrons. The van der Waals surface area contributed by atoms with Crippen molar-refractivity contribution in [1.82, 2.24) is 15.0 Å². The molecular formula is C12H19ClN4OS. The van der Waals surface area contributed by atoms with Crippen LogP contribution in [0.2, 0.25) is 5.28 Å². The van der Waals surface area contributed by atoms with Gasteiger partial charge < -0.3 is 10.1 Å². The second-order valence-electron chi connectivity index (χ2n) is 4.65. The fourth-order valence-corrected chi connectivity index (χ4v) is 3.00. The van der Waals surface area contributed by atoms with E-state index in [-0.39, 0.29) is 11.3 Å². The van der Waals surface area contributed by atoms with E-state index in [9.17, 15) is 0 Å². The minimum absolute atomic E-state index is 0.162. The summed E-state index contributed by atoms with van der Waals surface area (Å²) in [7, 11) is 0. The number of aromatic nitrogens is 3. The Labute approximate surface area is 122 Å². The lowest BCUT2D eigenvalue weighted by Gasteiger charge is -2.40. The molecule has 1 N–H and O–H groups in total. The molecule has 1 saturated carbocycles. The highest BCUT2D eigenvalue weighted by atomic mass is 35.5. The van der Waals surface area contributed by atoms with Gasteiger partial charge in [0.15, 0.2) is 0 Å². The predicted octanol–water partition coefficient (Wildman–Crippen LogP) is 3.01. The fraction of sp³-hybridized carbons (Fsp3) is 0.750. The average Bonchev–Trinajstić information content (AvgIpc) is 2.35. The molecule has 7 heteroatoms. The number of hydrogen-bond donors (Lipinski definition) is 1. The van der Waals surface area contributed by atoms with Crippen molar-refractivity contribution in [2.75, 3.05) is 24.7 Å². The molecule has 0 bridgehead atoms. The van der Waals surface area contributed by atoms with E-state index in [0.29, 0.717) is 17.3 Å². The second kappa shape index (κ2) is 6.61. The van der Waals surface area contributed by atoms with Gasteiger partial charge in [0.1, 0.15) is 0 Å². The monoisotopic (exact) mass is 302 g/mol. The quantitative estimate of drug-likeness (QED) is 0.835. The second-order valence-corrected chi connectivity index (χ2v) is 6.27. The molecule has 2 rings (SSSR count). The Hall–Kier alpha value is -0.750. The molecule has 0 aliphatic heterocycles. The summed E-state index contributed by atoms with van der Waals surface area (Å²) in [6.45, 7) is 3.46. The Morgan fingerprint density at radius 1 is 1.37 bits per heavy atom. The van der Waals surface area contributed by atoms with Crippen molar-refractivity contribution in [3.8, 4) is 6.01 Å². The van der Waals surface area contributed by atoms with Gasteiger partial charge in [0.25, 0.3) is 0 Å². The highest BCUT2D eigenvalue weighted by Crippen LogP contribution is 2.42. The van der Waals surface area contributed by atoms with Crippen LogP contribution >= 0.6 is 23.4 Å². The van der Waals surface area contributed by atoms with E-state index in [2.05, 4.69) is 26.5 Å². The Morgan fingerprint density at radius 3 is 2.74 bits per heavy atom. The zero-order chi connectivity index (χ0) is 13.7. The molecule has 1 aromatic rings.